The van der Waals surface area contributed by atoms with E-state index in [1.807, 2.05) is 0 Å². The molecule has 1 aliphatic rings. The van der Waals surface area contributed by atoms with Gasteiger partial charge in [-0.15, -0.1) is 12.4 Å². The van der Waals surface area contributed by atoms with Gasteiger partial charge in [-0.1, -0.05) is 0 Å². The van der Waals surface area contributed by atoms with Crippen LogP contribution < -0.4 is 10.5 Å². The summed E-state index contributed by atoms with van der Waals surface area (Å²) in [7, 11) is 0. The average Bonchev–Trinajstić information content (AvgIpc) is 2.60. The molecule has 1 saturated heterocycles. The van der Waals surface area contributed by atoms with Crippen LogP contribution in [0.4, 0.5) is 13.2 Å². The van der Waals surface area contributed by atoms with Crippen molar-refractivity contribution in [3.63, 3.8) is 0 Å². The zero-order valence-corrected chi connectivity index (χ0v) is 15.0. The summed E-state index contributed by atoms with van der Waals surface area (Å²) in [4.78, 5) is 17.8. The maximum Gasteiger partial charge on any atom is 0.422 e. The highest BCUT2D eigenvalue weighted by Crippen LogP contribution is 2.19. The first-order valence-electron chi connectivity index (χ1n) is 8.15. The third kappa shape index (κ3) is 7.35. The van der Waals surface area contributed by atoms with Crippen LogP contribution in [-0.4, -0.2) is 60.9 Å². The fraction of sp³-hybridized carbons (Fsp3) is 0.625. The van der Waals surface area contributed by atoms with Crippen LogP contribution >= 0.6 is 12.4 Å². The maximum absolute atomic E-state index is 12.4. The highest BCUT2D eigenvalue weighted by atomic mass is 35.5. The first-order valence-corrected chi connectivity index (χ1v) is 8.15. The summed E-state index contributed by atoms with van der Waals surface area (Å²) >= 11 is 0. The Bertz CT molecular complexity index is 550. The first-order chi connectivity index (χ1) is 11.9. The molecule has 2 N–H and O–H groups in total. The number of aromatic nitrogens is 1. The molecule has 0 atom stereocenters. The zero-order chi connectivity index (χ0) is 18.3. The molecule has 1 amide bonds. The van der Waals surface area contributed by atoms with Gasteiger partial charge in [0.1, 0.15) is 0 Å². The van der Waals surface area contributed by atoms with Gasteiger partial charge in [-0.25, -0.2) is 4.98 Å². The molecule has 148 valence electrons. The molecule has 6 nitrogen and oxygen atoms in total. The largest absolute Gasteiger partial charge is 0.468 e. The van der Waals surface area contributed by atoms with Gasteiger partial charge in [0.2, 0.25) is 5.88 Å². The molecule has 2 heterocycles. The van der Waals surface area contributed by atoms with Gasteiger partial charge in [-0.2, -0.15) is 13.2 Å². The van der Waals surface area contributed by atoms with E-state index < -0.39 is 12.8 Å². The van der Waals surface area contributed by atoms with E-state index in [0.29, 0.717) is 31.8 Å². The number of pyridine rings is 1. The van der Waals surface area contributed by atoms with Crippen molar-refractivity contribution in [1.82, 2.24) is 9.88 Å². The van der Waals surface area contributed by atoms with Crippen LogP contribution in [0.2, 0.25) is 0 Å². The Hall–Kier alpha value is -1.58. The number of nitrogens with two attached hydrogens (primary N) is 1. The lowest BCUT2D eigenvalue weighted by molar-refractivity contribution is -0.154. The number of rotatable bonds is 7. The van der Waals surface area contributed by atoms with Crippen LogP contribution in [0.25, 0.3) is 0 Å². The number of amides is 1. The molecule has 1 aromatic rings. The maximum atomic E-state index is 12.4. The number of alkyl halides is 3. The predicted octanol–water partition coefficient (Wildman–Crippen LogP) is 2.41. The minimum Gasteiger partial charge on any atom is -0.468 e. The number of hydrogen-bond acceptors (Lipinski definition) is 5. The molecule has 1 aromatic heterocycles. The van der Waals surface area contributed by atoms with Crippen molar-refractivity contribution in [3.8, 4) is 5.88 Å². The Balaban J connectivity index is 0.00000338. The van der Waals surface area contributed by atoms with Gasteiger partial charge in [0.15, 0.2) is 6.61 Å². The van der Waals surface area contributed by atoms with Gasteiger partial charge in [0, 0.05) is 32.0 Å². The molecule has 1 aliphatic heterocycles. The minimum atomic E-state index is -4.42. The second kappa shape index (κ2) is 10.5. The van der Waals surface area contributed by atoms with Crippen molar-refractivity contribution < 1.29 is 27.4 Å². The number of nitrogens with zero attached hydrogens (tertiary/aromatic N) is 2. The number of carbonyl (C=O) groups is 1. The summed E-state index contributed by atoms with van der Waals surface area (Å²) in [6, 6.07) is 2.69. The number of ether oxygens (including phenoxy) is 2. The summed E-state index contributed by atoms with van der Waals surface area (Å²) in [5.74, 6) is -0.365. The molecule has 26 heavy (non-hydrogen) atoms. The minimum absolute atomic E-state index is 0. The van der Waals surface area contributed by atoms with Gasteiger partial charge in [-0.3, -0.25) is 4.79 Å². The van der Waals surface area contributed by atoms with Crippen LogP contribution in [0, 0.1) is 0 Å². The molecule has 1 fully saturated rings. The summed E-state index contributed by atoms with van der Waals surface area (Å²) in [5, 5.41) is 0. The predicted molar refractivity (Wildman–Crippen MR) is 91.6 cm³/mol. The second-order valence-electron chi connectivity index (χ2n) is 5.79. The molecule has 0 bridgehead atoms. The lowest BCUT2D eigenvalue weighted by Gasteiger charge is -2.32. The van der Waals surface area contributed by atoms with Crippen LogP contribution in [0.15, 0.2) is 18.3 Å². The van der Waals surface area contributed by atoms with Crippen LogP contribution in [0.1, 0.15) is 29.6 Å². The third-order valence-electron chi connectivity index (χ3n) is 3.80. The van der Waals surface area contributed by atoms with E-state index in [-0.39, 0.29) is 30.3 Å². The first kappa shape index (κ1) is 22.5. The van der Waals surface area contributed by atoms with E-state index in [4.69, 9.17) is 10.5 Å². The van der Waals surface area contributed by atoms with E-state index in [9.17, 15) is 18.0 Å². The van der Waals surface area contributed by atoms with Crippen molar-refractivity contribution in [2.75, 3.05) is 32.8 Å². The molecular formula is C16H23ClF3N3O3. The number of halogens is 4. The van der Waals surface area contributed by atoms with Crippen molar-refractivity contribution in [2.24, 2.45) is 5.73 Å². The number of piperidine rings is 1. The van der Waals surface area contributed by atoms with Crippen LogP contribution in [0.5, 0.6) is 5.88 Å². The Morgan fingerprint density at radius 1 is 1.31 bits per heavy atom. The van der Waals surface area contributed by atoms with Gasteiger partial charge in [0.05, 0.1) is 11.7 Å². The summed E-state index contributed by atoms with van der Waals surface area (Å²) < 4.78 is 46.5. The highest BCUT2D eigenvalue weighted by Gasteiger charge is 2.29. The van der Waals surface area contributed by atoms with Gasteiger partial charge in [0.25, 0.3) is 5.91 Å². The van der Waals surface area contributed by atoms with Crippen LogP contribution in [0.3, 0.4) is 0 Å². The zero-order valence-electron chi connectivity index (χ0n) is 14.2. The van der Waals surface area contributed by atoms with E-state index in [0.717, 1.165) is 19.3 Å². The monoisotopic (exact) mass is 397 g/mol. The van der Waals surface area contributed by atoms with E-state index in [1.54, 1.807) is 4.90 Å². The molecular weight excluding hydrogens is 375 g/mol. The molecule has 0 saturated carbocycles. The van der Waals surface area contributed by atoms with E-state index in [2.05, 4.69) is 9.72 Å². The number of hydrogen-bond donors (Lipinski definition) is 1. The van der Waals surface area contributed by atoms with E-state index in [1.165, 1.54) is 18.3 Å². The molecule has 0 radical (unpaired) electrons. The fourth-order valence-corrected chi connectivity index (χ4v) is 2.49. The van der Waals surface area contributed by atoms with Crippen molar-refractivity contribution in [1.29, 1.82) is 0 Å². The quantitative estimate of drug-likeness (QED) is 0.715. The second-order valence-corrected chi connectivity index (χ2v) is 5.79. The Morgan fingerprint density at radius 2 is 2.00 bits per heavy atom. The molecule has 0 unspecified atom stereocenters. The summed E-state index contributed by atoms with van der Waals surface area (Å²) in [6.45, 7) is 0.938. The average molecular weight is 398 g/mol. The van der Waals surface area contributed by atoms with Crippen molar-refractivity contribution >= 4 is 18.3 Å². The molecule has 0 spiro atoms. The summed E-state index contributed by atoms with van der Waals surface area (Å²) in [6.07, 6.45) is -0.752. The summed E-state index contributed by atoms with van der Waals surface area (Å²) in [5.41, 5.74) is 5.74. The topological polar surface area (TPSA) is 77.7 Å². The fourth-order valence-electron chi connectivity index (χ4n) is 2.49. The Kier molecular flexibility index (Phi) is 9.11. The SMILES string of the molecule is Cl.NCCCOC1CCN(C(=O)c2ccc(OCC(F)(F)F)nc2)CC1. The Labute approximate surface area is 156 Å². The van der Waals surface area contributed by atoms with Gasteiger partial charge < -0.3 is 20.1 Å². The van der Waals surface area contributed by atoms with Crippen molar-refractivity contribution in [2.45, 2.75) is 31.5 Å². The molecule has 2 rings (SSSR count). The lowest BCUT2D eigenvalue weighted by atomic mass is 10.1. The third-order valence-corrected chi connectivity index (χ3v) is 3.80. The highest BCUT2D eigenvalue weighted by molar-refractivity contribution is 5.94. The number of likely N-dealkylation sites (tertiary alicyclic amines) is 1. The number of carbonyl (C=O) groups excluding carboxylic acids is 1. The van der Waals surface area contributed by atoms with Gasteiger partial charge >= 0.3 is 6.18 Å². The van der Waals surface area contributed by atoms with Gasteiger partial charge in [-0.05, 0) is 31.9 Å². The van der Waals surface area contributed by atoms with Crippen molar-refractivity contribution in [3.05, 3.63) is 23.9 Å². The molecule has 10 heteroatoms. The standard InChI is InChI=1S/C16H22F3N3O3.ClH/c17-16(18,19)11-25-14-3-2-12(10-21-14)15(23)22-7-4-13(5-8-22)24-9-1-6-20;/h2-3,10,13H,1,4-9,11,20H2;1H. The lowest BCUT2D eigenvalue weighted by Crippen LogP contribution is -2.41. The van der Waals surface area contributed by atoms with E-state index >= 15 is 0 Å². The smallest absolute Gasteiger partial charge is 0.422 e. The molecule has 0 aromatic carbocycles. The molecule has 0 aliphatic carbocycles. The Morgan fingerprint density at radius 3 is 2.54 bits per heavy atom. The van der Waals surface area contributed by atoms with Crippen LogP contribution in [-0.2, 0) is 4.74 Å². The normalized spacial score (nSPS) is 15.5.